The van der Waals surface area contributed by atoms with Crippen molar-refractivity contribution in [2.75, 3.05) is 18.4 Å². The van der Waals surface area contributed by atoms with Gasteiger partial charge in [0.2, 0.25) is 10.0 Å². The van der Waals surface area contributed by atoms with Crippen molar-refractivity contribution >= 4 is 21.8 Å². The average molecular weight is 463 g/mol. The smallest absolute Gasteiger partial charge is 0.411 e. The minimum atomic E-state index is -3.53. The number of aryl methyl sites for hydroxylation is 1. The van der Waals surface area contributed by atoms with Crippen molar-refractivity contribution in [3.8, 4) is 11.1 Å². The first kappa shape index (κ1) is 21.7. The summed E-state index contributed by atoms with van der Waals surface area (Å²) >= 11 is 0. The number of ether oxygens (including phenoxy) is 1. The zero-order valence-electron chi connectivity index (χ0n) is 18.5. The molecule has 3 aromatic rings. The van der Waals surface area contributed by atoms with E-state index < -0.39 is 16.1 Å². The van der Waals surface area contributed by atoms with E-state index in [0.29, 0.717) is 18.0 Å². The SMILES string of the molecule is Cc1cc(C2CCN(S(=O)(=O)c3ccc(-c4ccccc4)cc3)CC2)cc2c1NC(=O)OC2. The van der Waals surface area contributed by atoms with Crippen LogP contribution >= 0.6 is 0 Å². The predicted octanol–water partition coefficient (Wildman–Crippen LogP) is 5.29. The van der Waals surface area contributed by atoms with Crippen LogP contribution in [0.3, 0.4) is 0 Å². The van der Waals surface area contributed by atoms with Crippen molar-refractivity contribution in [2.45, 2.75) is 37.2 Å². The Morgan fingerprint density at radius 2 is 1.61 bits per heavy atom. The number of rotatable bonds is 4. The number of cyclic esters (lactones) is 1. The summed E-state index contributed by atoms with van der Waals surface area (Å²) in [6.45, 7) is 3.21. The minimum Gasteiger partial charge on any atom is -0.444 e. The molecule has 0 aliphatic carbocycles. The normalized spacial score (nSPS) is 17.2. The van der Waals surface area contributed by atoms with E-state index in [-0.39, 0.29) is 12.5 Å². The van der Waals surface area contributed by atoms with E-state index in [9.17, 15) is 13.2 Å². The van der Waals surface area contributed by atoms with Gasteiger partial charge in [-0.15, -0.1) is 0 Å². The fourth-order valence-corrected chi connectivity index (χ4v) is 6.20. The Bertz CT molecular complexity index is 1280. The van der Waals surface area contributed by atoms with Crippen LogP contribution in [0.15, 0.2) is 71.6 Å². The second kappa shape index (κ2) is 8.65. The van der Waals surface area contributed by atoms with Gasteiger partial charge in [-0.05, 0) is 60.1 Å². The Hall–Kier alpha value is -3.16. The number of carbonyl (C=O) groups is 1. The summed E-state index contributed by atoms with van der Waals surface area (Å²) in [6.07, 6.45) is 1.09. The molecule has 0 radical (unpaired) electrons. The lowest BCUT2D eigenvalue weighted by Crippen LogP contribution is -2.38. The summed E-state index contributed by atoms with van der Waals surface area (Å²) in [6, 6.07) is 21.2. The molecule has 2 heterocycles. The van der Waals surface area contributed by atoms with Crippen molar-refractivity contribution in [3.63, 3.8) is 0 Å². The number of nitrogens with zero attached hydrogens (tertiary/aromatic N) is 1. The quantitative estimate of drug-likeness (QED) is 0.571. The van der Waals surface area contributed by atoms with Gasteiger partial charge >= 0.3 is 6.09 Å². The highest BCUT2D eigenvalue weighted by Crippen LogP contribution is 2.35. The second-order valence-corrected chi connectivity index (χ2v) is 10.6. The van der Waals surface area contributed by atoms with E-state index in [1.807, 2.05) is 49.4 Å². The van der Waals surface area contributed by atoms with Crippen molar-refractivity contribution in [3.05, 3.63) is 83.4 Å². The van der Waals surface area contributed by atoms with Crippen LogP contribution in [0.4, 0.5) is 10.5 Å². The molecule has 0 bridgehead atoms. The molecule has 0 atom stereocenters. The van der Waals surface area contributed by atoms with Crippen molar-refractivity contribution in [1.82, 2.24) is 4.31 Å². The molecule has 1 saturated heterocycles. The van der Waals surface area contributed by atoms with Gasteiger partial charge < -0.3 is 4.74 Å². The fraction of sp³-hybridized carbons (Fsp3) is 0.269. The van der Waals surface area contributed by atoms with Gasteiger partial charge in [-0.3, -0.25) is 5.32 Å². The Morgan fingerprint density at radius 1 is 0.939 bits per heavy atom. The molecule has 1 amide bonds. The summed E-state index contributed by atoms with van der Waals surface area (Å²) in [7, 11) is -3.53. The number of hydrogen-bond donors (Lipinski definition) is 1. The molecular formula is C26H26N2O4S. The van der Waals surface area contributed by atoms with E-state index >= 15 is 0 Å². The highest BCUT2D eigenvalue weighted by Gasteiger charge is 2.31. The number of fused-ring (bicyclic) bond motifs is 1. The molecule has 0 aromatic heterocycles. The van der Waals surface area contributed by atoms with Gasteiger partial charge in [0.15, 0.2) is 0 Å². The third kappa shape index (κ3) is 4.26. The number of piperidine rings is 1. The number of sulfonamides is 1. The summed E-state index contributed by atoms with van der Waals surface area (Å²) in [5.41, 5.74) is 6.04. The monoisotopic (exact) mass is 462 g/mol. The highest BCUT2D eigenvalue weighted by molar-refractivity contribution is 7.89. The summed E-state index contributed by atoms with van der Waals surface area (Å²) < 4.78 is 33.2. The van der Waals surface area contributed by atoms with Crippen molar-refractivity contribution in [2.24, 2.45) is 0 Å². The van der Waals surface area contributed by atoms with Crippen LogP contribution in [-0.4, -0.2) is 31.9 Å². The molecule has 3 aromatic carbocycles. The molecule has 7 heteroatoms. The number of anilines is 1. The molecule has 1 N–H and O–H groups in total. The molecule has 170 valence electrons. The lowest BCUT2D eigenvalue weighted by atomic mass is 9.87. The Labute approximate surface area is 194 Å². The number of carbonyl (C=O) groups excluding carboxylic acids is 1. The minimum absolute atomic E-state index is 0.266. The van der Waals surface area contributed by atoms with E-state index in [2.05, 4.69) is 17.4 Å². The lowest BCUT2D eigenvalue weighted by molar-refractivity contribution is 0.151. The Balaban J connectivity index is 1.29. The van der Waals surface area contributed by atoms with Crippen LogP contribution in [0.1, 0.15) is 35.4 Å². The topological polar surface area (TPSA) is 75.7 Å². The third-order valence-corrected chi connectivity index (χ3v) is 8.46. The molecule has 2 aliphatic heterocycles. The van der Waals surface area contributed by atoms with Crippen LogP contribution in [0, 0.1) is 6.92 Å². The molecule has 6 nitrogen and oxygen atoms in total. The lowest BCUT2D eigenvalue weighted by Gasteiger charge is -2.32. The number of amides is 1. The molecule has 0 spiro atoms. The van der Waals surface area contributed by atoms with E-state index in [1.165, 1.54) is 5.56 Å². The van der Waals surface area contributed by atoms with Gasteiger partial charge in [0.1, 0.15) is 6.61 Å². The van der Waals surface area contributed by atoms with Crippen LogP contribution in [0.25, 0.3) is 11.1 Å². The Morgan fingerprint density at radius 3 is 2.30 bits per heavy atom. The standard InChI is InChI=1S/C26H26N2O4S/c1-18-15-22(16-23-17-32-26(29)27-25(18)23)21-11-13-28(14-12-21)33(30,31)24-9-7-20(8-10-24)19-5-3-2-4-6-19/h2-10,15-16,21H,11-14,17H2,1H3,(H,27,29). The first-order valence-corrected chi connectivity index (χ1v) is 12.6. The molecule has 2 aliphatic rings. The number of benzene rings is 3. The van der Waals surface area contributed by atoms with E-state index in [1.54, 1.807) is 16.4 Å². The summed E-state index contributed by atoms with van der Waals surface area (Å²) in [5, 5.41) is 2.77. The van der Waals surface area contributed by atoms with Gasteiger partial charge in [-0.2, -0.15) is 4.31 Å². The number of nitrogens with one attached hydrogen (secondary N) is 1. The molecular weight excluding hydrogens is 436 g/mol. The summed E-state index contributed by atoms with van der Waals surface area (Å²) in [5.74, 6) is 0.276. The highest BCUT2D eigenvalue weighted by atomic mass is 32.2. The maximum atomic E-state index is 13.2. The van der Waals surface area contributed by atoms with E-state index in [0.717, 1.165) is 40.8 Å². The van der Waals surface area contributed by atoms with Crippen LogP contribution in [0.5, 0.6) is 0 Å². The maximum absolute atomic E-state index is 13.2. The number of hydrogen-bond acceptors (Lipinski definition) is 4. The van der Waals surface area contributed by atoms with Crippen molar-refractivity contribution < 1.29 is 17.9 Å². The zero-order valence-corrected chi connectivity index (χ0v) is 19.3. The third-order valence-electron chi connectivity index (χ3n) is 6.55. The molecule has 0 saturated carbocycles. The summed E-state index contributed by atoms with van der Waals surface area (Å²) in [4.78, 5) is 11.8. The van der Waals surface area contributed by atoms with Gasteiger partial charge in [0, 0.05) is 18.7 Å². The molecule has 1 fully saturated rings. The van der Waals surface area contributed by atoms with Gasteiger partial charge in [0.05, 0.1) is 10.6 Å². The van der Waals surface area contributed by atoms with Crippen LogP contribution in [0.2, 0.25) is 0 Å². The van der Waals surface area contributed by atoms with Gasteiger partial charge in [-0.25, -0.2) is 13.2 Å². The average Bonchev–Trinajstić information content (AvgIpc) is 2.85. The van der Waals surface area contributed by atoms with Crippen molar-refractivity contribution in [1.29, 1.82) is 0 Å². The van der Waals surface area contributed by atoms with Crippen LogP contribution < -0.4 is 5.32 Å². The Kier molecular flexibility index (Phi) is 5.68. The predicted molar refractivity (Wildman–Crippen MR) is 128 cm³/mol. The molecule has 0 unspecified atom stereocenters. The first-order valence-electron chi connectivity index (χ1n) is 11.1. The van der Waals surface area contributed by atoms with Crippen LogP contribution in [-0.2, 0) is 21.4 Å². The van der Waals surface area contributed by atoms with Gasteiger partial charge in [-0.1, -0.05) is 54.6 Å². The largest absolute Gasteiger partial charge is 0.444 e. The first-order chi connectivity index (χ1) is 15.9. The van der Waals surface area contributed by atoms with E-state index in [4.69, 9.17) is 4.74 Å². The maximum Gasteiger partial charge on any atom is 0.411 e. The second-order valence-electron chi connectivity index (χ2n) is 8.64. The van der Waals surface area contributed by atoms with Gasteiger partial charge in [0.25, 0.3) is 0 Å². The fourth-order valence-electron chi connectivity index (χ4n) is 4.73. The molecule has 5 rings (SSSR count). The zero-order chi connectivity index (χ0) is 23.0. The molecule has 33 heavy (non-hydrogen) atoms.